The third-order valence-corrected chi connectivity index (χ3v) is 4.60. The first-order valence-corrected chi connectivity index (χ1v) is 6.77. The molecule has 0 spiro atoms. The predicted molar refractivity (Wildman–Crippen MR) is 64.1 cm³/mol. The number of thiazole rings is 1. The molecule has 5 heteroatoms. The third-order valence-electron chi connectivity index (χ3n) is 2.36. The molecule has 2 N–H and O–H groups in total. The van der Waals surface area contributed by atoms with Crippen LogP contribution in [0.4, 0.5) is 5.13 Å². The Morgan fingerprint density at radius 2 is 2.57 bits per heavy atom. The molecule has 1 fully saturated rings. The van der Waals surface area contributed by atoms with Crippen molar-refractivity contribution in [3.8, 4) is 0 Å². The highest BCUT2D eigenvalue weighted by atomic mass is 32.2. The fraction of sp³-hybridized carbons (Fsp3) is 0.667. The third kappa shape index (κ3) is 2.04. The standard InChI is InChI=1S/C9H15N3S2/c1-7-6-13-3-2-12(7)9-11-5-8(4-10)14-9/h5,7H,2-4,6,10H2,1H3. The van der Waals surface area contributed by atoms with E-state index in [9.17, 15) is 0 Å². The predicted octanol–water partition coefficient (Wildman–Crippen LogP) is 1.54. The maximum Gasteiger partial charge on any atom is 0.185 e. The lowest BCUT2D eigenvalue weighted by Crippen LogP contribution is -2.40. The molecule has 0 amide bonds. The quantitative estimate of drug-likeness (QED) is 0.835. The summed E-state index contributed by atoms with van der Waals surface area (Å²) >= 11 is 3.75. The smallest absolute Gasteiger partial charge is 0.185 e. The number of hydrogen-bond donors (Lipinski definition) is 1. The molecule has 2 heterocycles. The molecule has 2 rings (SSSR count). The van der Waals surface area contributed by atoms with Gasteiger partial charge in [-0.05, 0) is 6.92 Å². The Morgan fingerprint density at radius 3 is 3.21 bits per heavy atom. The van der Waals surface area contributed by atoms with Gasteiger partial charge >= 0.3 is 0 Å². The van der Waals surface area contributed by atoms with Crippen molar-refractivity contribution in [1.29, 1.82) is 0 Å². The van der Waals surface area contributed by atoms with Crippen molar-refractivity contribution in [3.05, 3.63) is 11.1 Å². The Labute approximate surface area is 92.7 Å². The number of nitrogens with two attached hydrogens (primary N) is 1. The van der Waals surface area contributed by atoms with Gasteiger partial charge in [-0.15, -0.1) is 11.3 Å². The summed E-state index contributed by atoms with van der Waals surface area (Å²) in [7, 11) is 0. The Kier molecular flexibility index (Phi) is 3.30. The molecule has 1 aliphatic rings. The Hall–Kier alpha value is -0.260. The zero-order valence-electron chi connectivity index (χ0n) is 8.27. The number of nitrogens with zero attached hydrogens (tertiary/aromatic N) is 2. The molecular weight excluding hydrogens is 214 g/mol. The van der Waals surface area contributed by atoms with Gasteiger partial charge in [-0.25, -0.2) is 4.98 Å². The Bertz CT molecular complexity index is 300. The van der Waals surface area contributed by atoms with Crippen LogP contribution in [-0.2, 0) is 6.54 Å². The van der Waals surface area contributed by atoms with Crippen LogP contribution in [0.2, 0.25) is 0 Å². The van der Waals surface area contributed by atoms with Gasteiger partial charge in [0.1, 0.15) is 0 Å². The molecule has 0 aromatic carbocycles. The van der Waals surface area contributed by atoms with E-state index in [-0.39, 0.29) is 0 Å². The lowest BCUT2D eigenvalue weighted by molar-refractivity contribution is 0.697. The summed E-state index contributed by atoms with van der Waals surface area (Å²) in [6.45, 7) is 3.98. The van der Waals surface area contributed by atoms with Crippen molar-refractivity contribution in [3.63, 3.8) is 0 Å². The molecule has 1 saturated heterocycles. The van der Waals surface area contributed by atoms with Gasteiger partial charge in [-0.1, -0.05) is 0 Å². The van der Waals surface area contributed by atoms with Gasteiger partial charge in [0.15, 0.2) is 5.13 Å². The highest BCUT2D eigenvalue weighted by molar-refractivity contribution is 7.99. The van der Waals surface area contributed by atoms with Crippen LogP contribution in [-0.4, -0.2) is 29.1 Å². The summed E-state index contributed by atoms with van der Waals surface area (Å²) in [6.07, 6.45) is 1.90. The average Bonchev–Trinajstić information content (AvgIpc) is 2.67. The molecule has 14 heavy (non-hydrogen) atoms. The van der Waals surface area contributed by atoms with Crippen LogP contribution in [0, 0.1) is 0 Å². The fourth-order valence-corrected chi connectivity index (χ4v) is 3.47. The molecule has 1 aromatic heterocycles. The first-order valence-electron chi connectivity index (χ1n) is 4.80. The molecule has 1 unspecified atom stereocenters. The summed E-state index contributed by atoms with van der Waals surface area (Å²) in [5, 5.41) is 1.14. The van der Waals surface area contributed by atoms with Crippen molar-refractivity contribution in [1.82, 2.24) is 4.98 Å². The molecular formula is C9H15N3S2. The van der Waals surface area contributed by atoms with Gasteiger partial charge in [0.25, 0.3) is 0 Å². The zero-order chi connectivity index (χ0) is 9.97. The summed E-state index contributed by atoms with van der Waals surface area (Å²) in [6, 6.07) is 0.602. The van der Waals surface area contributed by atoms with Crippen LogP contribution < -0.4 is 10.6 Å². The lowest BCUT2D eigenvalue weighted by atomic mass is 10.3. The normalized spacial score (nSPS) is 22.7. The van der Waals surface area contributed by atoms with Crippen LogP contribution in [0.5, 0.6) is 0 Å². The van der Waals surface area contributed by atoms with Crippen molar-refractivity contribution in [2.75, 3.05) is 23.0 Å². The van der Waals surface area contributed by atoms with E-state index < -0.39 is 0 Å². The number of aromatic nitrogens is 1. The van der Waals surface area contributed by atoms with E-state index in [0.717, 1.165) is 11.7 Å². The summed E-state index contributed by atoms with van der Waals surface area (Å²) < 4.78 is 0. The molecule has 3 nitrogen and oxygen atoms in total. The van der Waals surface area contributed by atoms with Gasteiger partial charge in [-0.3, -0.25) is 0 Å². The van der Waals surface area contributed by atoms with E-state index in [1.54, 1.807) is 11.3 Å². The highest BCUT2D eigenvalue weighted by Gasteiger charge is 2.21. The van der Waals surface area contributed by atoms with Gasteiger partial charge in [0.2, 0.25) is 0 Å². The minimum absolute atomic E-state index is 0.602. The van der Waals surface area contributed by atoms with Crippen molar-refractivity contribution >= 4 is 28.2 Å². The second kappa shape index (κ2) is 4.51. The maximum absolute atomic E-state index is 5.58. The molecule has 1 atom stereocenters. The molecule has 1 aromatic rings. The monoisotopic (exact) mass is 229 g/mol. The second-order valence-electron chi connectivity index (χ2n) is 3.43. The number of anilines is 1. The number of hydrogen-bond acceptors (Lipinski definition) is 5. The zero-order valence-corrected chi connectivity index (χ0v) is 9.90. The summed E-state index contributed by atoms with van der Waals surface area (Å²) in [5.41, 5.74) is 5.58. The average molecular weight is 229 g/mol. The van der Waals surface area contributed by atoms with Crippen LogP contribution >= 0.6 is 23.1 Å². The minimum atomic E-state index is 0.602. The molecule has 0 aliphatic carbocycles. The van der Waals surface area contributed by atoms with Gasteiger partial charge < -0.3 is 10.6 Å². The topological polar surface area (TPSA) is 42.2 Å². The molecule has 0 radical (unpaired) electrons. The van der Waals surface area contributed by atoms with Gasteiger partial charge in [0, 0.05) is 41.7 Å². The first kappa shape index (κ1) is 10.3. The second-order valence-corrected chi connectivity index (χ2v) is 5.67. The van der Waals surface area contributed by atoms with E-state index in [2.05, 4.69) is 16.8 Å². The van der Waals surface area contributed by atoms with Gasteiger partial charge in [-0.2, -0.15) is 11.8 Å². The van der Waals surface area contributed by atoms with E-state index >= 15 is 0 Å². The van der Waals surface area contributed by atoms with E-state index in [0.29, 0.717) is 12.6 Å². The highest BCUT2D eigenvalue weighted by Crippen LogP contribution is 2.27. The number of rotatable bonds is 2. The largest absolute Gasteiger partial charge is 0.344 e. The maximum atomic E-state index is 5.58. The molecule has 0 saturated carbocycles. The van der Waals surface area contributed by atoms with Crippen molar-refractivity contribution in [2.45, 2.75) is 19.5 Å². The molecule has 1 aliphatic heterocycles. The van der Waals surface area contributed by atoms with Crippen LogP contribution in [0.3, 0.4) is 0 Å². The number of thioether (sulfide) groups is 1. The van der Waals surface area contributed by atoms with Gasteiger partial charge in [0.05, 0.1) is 0 Å². The molecule has 78 valence electrons. The van der Waals surface area contributed by atoms with Crippen molar-refractivity contribution in [2.24, 2.45) is 5.73 Å². The van der Waals surface area contributed by atoms with Crippen LogP contribution in [0.25, 0.3) is 0 Å². The first-order chi connectivity index (χ1) is 6.81. The van der Waals surface area contributed by atoms with E-state index in [4.69, 9.17) is 5.73 Å². The Morgan fingerprint density at radius 1 is 1.71 bits per heavy atom. The SMILES string of the molecule is CC1CSCCN1c1ncc(CN)s1. The van der Waals surface area contributed by atoms with E-state index in [1.165, 1.54) is 16.4 Å². The summed E-state index contributed by atoms with van der Waals surface area (Å²) in [4.78, 5) is 7.98. The minimum Gasteiger partial charge on any atom is -0.344 e. The van der Waals surface area contributed by atoms with Crippen LogP contribution in [0.15, 0.2) is 6.20 Å². The Balaban J connectivity index is 2.12. The fourth-order valence-electron chi connectivity index (χ4n) is 1.54. The lowest BCUT2D eigenvalue weighted by Gasteiger charge is -2.32. The summed E-state index contributed by atoms with van der Waals surface area (Å²) in [5.74, 6) is 2.42. The van der Waals surface area contributed by atoms with Crippen LogP contribution in [0.1, 0.15) is 11.8 Å². The van der Waals surface area contributed by atoms with Crippen molar-refractivity contribution < 1.29 is 0 Å². The van der Waals surface area contributed by atoms with E-state index in [1.807, 2.05) is 18.0 Å². The molecule has 0 bridgehead atoms.